The topological polar surface area (TPSA) is 109 Å². The number of phenols is 1. The van der Waals surface area contributed by atoms with Crippen molar-refractivity contribution in [3.8, 4) is 5.75 Å². The lowest BCUT2D eigenvalue weighted by molar-refractivity contribution is -0.123. The van der Waals surface area contributed by atoms with Crippen LogP contribution in [0.1, 0.15) is 24.3 Å². The smallest absolute Gasteiger partial charge is 0.308 e. The Morgan fingerprint density at radius 2 is 1.69 bits per heavy atom. The van der Waals surface area contributed by atoms with Crippen LogP contribution in [0.5, 0.6) is 5.75 Å². The standard InChI is InChI=1S/C25H23N3O5S2/c1-13-4-8-15(9-5-13)28-21(31)18-19(22(28)32)34-23-20(25(18,2)3)35-24(33)27(23)12-17(30)26-14-6-10-16(29)11-7-14/h4-11,18-19,29H,12H2,1-3H3,(H,26,30). The van der Waals surface area contributed by atoms with Crippen LogP contribution in [-0.4, -0.2) is 32.6 Å². The van der Waals surface area contributed by atoms with Crippen LogP contribution in [0.25, 0.3) is 0 Å². The van der Waals surface area contributed by atoms with Gasteiger partial charge >= 0.3 is 4.87 Å². The van der Waals surface area contributed by atoms with Crippen LogP contribution in [0.3, 0.4) is 0 Å². The van der Waals surface area contributed by atoms with E-state index in [-0.39, 0.29) is 29.0 Å². The van der Waals surface area contributed by atoms with E-state index in [4.69, 9.17) is 0 Å². The van der Waals surface area contributed by atoms with Crippen LogP contribution in [0.15, 0.2) is 58.4 Å². The molecule has 2 atom stereocenters. The molecule has 0 spiro atoms. The maximum atomic E-state index is 13.5. The lowest BCUT2D eigenvalue weighted by Gasteiger charge is -2.36. The van der Waals surface area contributed by atoms with Crippen LogP contribution in [0.4, 0.5) is 11.4 Å². The molecule has 0 bridgehead atoms. The van der Waals surface area contributed by atoms with E-state index in [9.17, 15) is 24.3 Å². The fraction of sp³-hybridized carbons (Fsp3) is 0.280. The van der Waals surface area contributed by atoms with E-state index in [0.717, 1.165) is 16.9 Å². The van der Waals surface area contributed by atoms with Gasteiger partial charge in [-0.2, -0.15) is 0 Å². The third-order valence-corrected chi connectivity index (χ3v) is 9.27. The van der Waals surface area contributed by atoms with Crippen molar-refractivity contribution in [1.29, 1.82) is 0 Å². The number of amides is 3. The number of aromatic nitrogens is 1. The fourth-order valence-electron chi connectivity index (χ4n) is 4.60. The molecule has 2 aliphatic rings. The first-order valence-electron chi connectivity index (χ1n) is 11.0. The highest BCUT2D eigenvalue weighted by Crippen LogP contribution is 2.54. The quantitative estimate of drug-likeness (QED) is 0.412. The van der Waals surface area contributed by atoms with Crippen LogP contribution < -0.4 is 15.1 Å². The van der Waals surface area contributed by atoms with Crippen molar-refractivity contribution in [1.82, 2.24) is 4.57 Å². The number of hydrogen-bond acceptors (Lipinski definition) is 7. The van der Waals surface area contributed by atoms with Gasteiger partial charge in [0.15, 0.2) is 0 Å². The first-order valence-corrected chi connectivity index (χ1v) is 12.7. The second kappa shape index (κ2) is 8.39. The molecular weight excluding hydrogens is 486 g/mol. The molecular formula is C25H23N3O5S2. The average Bonchev–Trinajstić information content (AvgIpc) is 3.25. The number of phenolic OH excluding ortho intramolecular Hbond substituents is 1. The molecule has 0 saturated carbocycles. The fourth-order valence-corrected chi connectivity index (χ4v) is 7.64. The Morgan fingerprint density at radius 1 is 1.03 bits per heavy atom. The number of aryl methyl sites for hydroxylation is 1. The number of thiazole rings is 1. The van der Waals surface area contributed by atoms with Crippen molar-refractivity contribution in [2.75, 3.05) is 10.2 Å². The molecule has 3 heterocycles. The van der Waals surface area contributed by atoms with Gasteiger partial charge in [-0.05, 0) is 43.3 Å². The van der Waals surface area contributed by atoms with Crippen LogP contribution in [-0.2, 0) is 26.3 Å². The van der Waals surface area contributed by atoms with Gasteiger partial charge in [-0.3, -0.25) is 23.7 Å². The zero-order valence-corrected chi connectivity index (χ0v) is 20.9. The van der Waals surface area contributed by atoms with E-state index in [0.29, 0.717) is 21.3 Å². The number of imide groups is 1. The first-order chi connectivity index (χ1) is 16.6. The van der Waals surface area contributed by atoms with E-state index < -0.39 is 22.5 Å². The summed E-state index contributed by atoms with van der Waals surface area (Å²) in [5.74, 6) is -1.54. The zero-order valence-electron chi connectivity index (χ0n) is 19.3. The Labute approximate surface area is 209 Å². The van der Waals surface area contributed by atoms with E-state index in [1.54, 1.807) is 24.3 Å². The number of aromatic hydroxyl groups is 1. The molecule has 2 aliphatic heterocycles. The van der Waals surface area contributed by atoms with E-state index in [1.165, 1.54) is 33.4 Å². The zero-order chi connectivity index (χ0) is 25.1. The van der Waals surface area contributed by atoms with E-state index in [1.807, 2.05) is 32.9 Å². The summed E-state index contributed by atoms with van der Waals surface area (Å²) in [6.07, 6.45) is 0. The van der Waals surface area contributed by atoms with E-state index >= 15 is 0 Å². The molecule has 1 saturated heterocycles. The monoisotopic (exact) mass is 509 g/mol. The number of hydrogen-bond donors (Lipinski definition) is 2. The summed E-state index contributed by atoms with van der Waals surface area (Å²) >= 11 is 2.21. The summed E-state index contributed by atoms with van der Waals surface area (Å²) in [5.41, 5.74) is 1.28. The van der Waals surface area contributed by atoms with Crippen LogP contribution in [0, 0.1) is 12.8 Å². The molecule has 1 fully saturated rings. The molecule has 2 unspecified atom stereocenters. The highest BCUT2D eigenvalue weighted by Gasteiger charge is 2.59. The summed E-state index contributed by atoms with van der Waals surface area (Å²) in [6, 6.07) is 13.3. The van der Waals surface area contributed by atoms with Crippen LogP contribution >= 0.6 is 23.1 Å². The van der Waals surface area contributed by atoms with Gasteiger partial charge < -0.3 is 10.4 Å². The van der Waals surface area contributed by atoms with Crippen molar-refractivity contribution in [3.63, 3.8) is 0 Å². The van der Waals surface area contributed by atoms with Crippen molar-refractivity contribution < 1.29 is 19.5 Å². The molecule has 2 aromatic carbocycles. The Bertz CT molecular complexity index is 1410. The van der Waals surface area contributed by atoms with Crippen molar-refractivity contribution in [3.05, 3.63) is 68.6 Å². The molecule has 1 aromatic heterocycles. The van der Waals surface area contributed by atoms with Crippen molar-refractivity contribution >= 4 is 52.2 Å². The number of nitrogens with zero attached hydrogens (tertiary/aromatic N) is 2. The van der Waals surface area contributed by atoms with Gasteiger partial charge in [-0.25, -0.2) is 4.90 Å². The summed E-state index contributed by atoms with van der Waals surface area (Å²) < 4.78 is 1.38. The minimum absolute atomic E-state index is 0.0785. The first kappa shape index (κ1) is 23.4. The summed E-state index contributed by atoms with van der Waals surface area (Å²) in [4.78, 5) is 54.2. The highest BCUT2D eigenvalue weighted by molar-refractivity contribution is 8.00. The summed E-state index contributed by atoms with van der Waals surface area (Å²) in [6.45, 7) is 5.47. The van der Waals surface area contributed by atoms with Gasteiger partial charge in [0.25, 0.3) is 0 Å². The molecule has 180 valence electrons. The second-order valence-electron chi connectivity index (χ2n) is 9.27. The predicted molar refractivity (Wildman–Crippen MR) is 135 cm³/mol. The maximum Gasteiger partial charge on any atom is 0.308 e. The number of thioether (sulfide) groups is 1. The van der Waals surface area contributed by atoms with Gasteiger partial charge in [0, 0.05) is 16.0 Å². The number of carbonyl (C=O) groups excluding carboxylic acids is 3. The van der Waals surface area contributed by atoms with Gasteiger partial charge in [-0.1, -0.05) is 54.6 Å². The Balaban J connectivity index is 1.46. The lowest BCUT2D eigenvalue weighted by atomic mass is 9.76. The lowest BCUT2D eigenvalue weighted by Crippen LogP contribution is -2.41. The molecule has 0 radical (unpaired) electrons. The van der Waals surface area contributed by atoms with Gasteiger partial charge in [-0.15, -0.1) is 0 Å². The highest BCUT2D eigenvalue weighted by atomic mass is 32.2. The molecule has 2 N–H and O–H groups in total. The van der Waals surface area contributed by atoms with Crippen molar-refractivity contribution in [2.24, 2.45) is 5.92 Å². The van der Waals surface area contributed by atoms with Crippen molar-refractivity contribution in [2.45, 2.75) is 43.0 Å². The average molecular weight is 510 g/mol. The van der Waals surface area contributed by atoms with Gasteiger partial charge in [0.05, 0.1) is 16.6 Å². The minimum Gasteiger partial charge on any atom is -0.508 e. The summed E-state index contributed by atoms with van der Waals surface area (Å²) in [7, 11) is 0. The Hall–Kier alpha value is -3.37. The minimum atomic E-state index is -0.764. The predicted octanol–water partition coefficient (Wildman–Crippen LogP) is 3.50. The van der Waals surface area contributed by atoms with Crippen LogP contribution in [0.2, 0.25) is 0 Å². The molecule has 3 amide bonds. The van der Waals surface area contributed by atoms with Gasteiger partial charge in [0.1, 0.15) is 17.5 Å². The molecule has 10 heteroatoms. The molecule has 35 heavy (non-hydrogen) atoms. The number of benzene rings is 2. The third-order valence-electron chi connectivity index (χ3n) is 6.45. The molecule has 8 nitrogen and oxygen atoms in total. The third kappa shape index (κ3) is 3.86. The second-order valence-corrected chi connectivity index (χ2v) is 11.4. The largest absolute Gasteiger partial charge is 0.508 e. The maximum absolute atomic E-state index is 13.5. The van der Waals surface area contributed by atoms with E-state index in [2.05, 4.69) is 5.32 Å². The van der Waals surface area contributed by atoms with Gasteiger partial charge in [0.2, 0.25) is 17.7 Å². The number of anilines is 2. The Morgan fingerprint density at radius 3 is 2.34 bits per heavy atom. The SMILES string of the molecule is Cc1ccc(N2C(=O)C3Sc4c(sc(=O)n4CC(=O)Nc4ccc(O)cc4)C(C)(C)C3C2=O)cc1. The number of rotatable bonds is 4. The normalized spacial score (nSPS) is 20.5. The summed E-state index contributed by atoms with van der Waals surface area (Å²) in [5, 5.41) is 12.0. The number of carbonyl (C=O) groups is 3. The molecule has 5 rings (SSSR count). The Kier molecular flexibility index (Phi) is 5.60. The number of nitrogens with one attached hydrogen (secondary N) is 1. The number of fused-ring (bicyclic) bond motifs is 2. The molecule has 0 aliphatic carbocycles. The molecule has 3 aromatic rings.